The first kappa shape index (κ1) is 19.6. The highest BCUT2D eigenvalue weighted by molar-refractivity contribution is 7.18. The Bertz CT molecular complexity index is 967. The molecule has 1 aliphatic heterocycles. The number of benzene rings is 1. The lowest BCUT2D eigenvalue weighted by molar-refractivity contribution is 0.0331. The van der Waals surface area contributed by atoms with Gasteiger partial charge in [0.1, 0.15) is 16.5 Å². The average Bonchev–Trinajstić information content (AvgIpc) is 2.97. The highest BCUT2D eigenvalue weighted by Crippen LogP contribution is 2.35. The average molecular weight is 417 g/mol. The Hall–Kier alpha value is -1.73. The molecule has 0 spiro atoms. The smallest absolute Gasteiger partial charge is 0.146 e. The molecule has 1 fully saturated rings. The van der Waals surface area contributed by atoms with Gasteiger partial charge in [0.2, 0.25) is 0 Å². The number of aryl methyl sites for hydroxylation is 2. The number of thiophene rings is 1. The normalized spacial score (nSPS) is 15.3. The number of aromatic nitrogens is 2. The third-order valence-electron chi connectivity index (χ3n) is 5.22. The van der Waals surface area contributed by atoms with Gasteiger partial charge in [-0.05, 0) is 37.1 Å². The number of anilines is 1. The predicted molar refractivity (Wildman–Crippen MR) is 117 cm³/mol. The Labute approximate surface area is 174 Å². The summed E-state index contributed by atoms with van der Waals surface area (Å²) in [7, 11) is 2.10. The van der Waals surface area contributed by atoms with Gasteiger partial charge in [0.15, 0.2) is 0 Å². The number of ether oxygens (including phenoxy) is 1. The second kappa shape index (κ2) is 8.33. The fourth-order valence-corrected chi connectivity index (χ4v) is 4.68. The Morgan fingerprint density at radius 1 is 1.14 bits per heavy atom. The van der Waals surface area contributed by atoms with E-state index >= 15 is 0 Å². The van der Waals surface area contributed by atoms with E-state index in [9.17, 15) is 0 Å². The molecule has 4 rings (SSSR count). The van der Waals surface area contributed by atoms with E-state index in [0.29, 0.717) is 0 Å². The summed E-state index contributed by atoms with van der Waals surface area (Å²) in [5.41, 5.74) is 2.48. The van der Waals surface area contributed by atoms with Crippen molar-refractivity contribution in [3.05, 3.63) is 51.1 Å². The molecular formula is C21H25ClN4OS. The lowest BCUT2D eigenvalue weighted by Gasteiger charge is -2.26. The molecule has 1 saturated heterocycles. The molecule has 0 aliphatic carbocycles. The first-order valence-corrected chi connectivity index (χ1v) is 10.7. The summed E-state index contributed by atoms with van der Waals surface area (Å²) in [6.07, 6.45) is 0. The molecule has 3 aromatic rings. The molecule has 148 valence electrons. The van der Waals surface area contributed by atoms with E-state index in [4.69, 9.17) is 26.3 Å². The van der Waals surface area contributed by atoms with Crippen LogP contribution in [0.15, 0.2) is 24.3 Å². The standard InChI is InChI=1S/C21H25ClN4OS/c1-14-15(2)28-21-19(14)20(25(3)12-16-4-6-17(22)7-5-16)23-18(24-21)13-26-8-10-27-11-9-26/h4-7H,8-13H2,1-3H3. The molecule has 1 aromatic carbocycles. The number of hydrogen-bond acceptors (Lipinski definition) is 6. The fraction of sp³-hybridized carbons (Fsp3) is 0.429. The SMILES string of the molecule is Cc1sc2nc(CN3CCOCC3)nc(N(C)Cc3ccc(Cl)cc3)c2c1C. The number of halogens is 1. The van der Waals surface area contributed by atoms with Gasteiger partial charge in [0, 0.05) is 36.6 Å². The van der Waals surface area contributed by atoms with Crippen LogP contribution in [0.1, 0.15) is 21.8 Å². The van der Waals surface area contributed by atoms with Crippen molar-refractivity contribution in [2.45, 2.75) is 26.9 Å². The highest BCUT2D eigenvalue weighted by Gasteiger charge is 2.19. The van der Waals surface area contributed by atoms with Crippen LogP contribution < -0.4 is 4.90 Å². The van der Waals surface area contributed by atoms with E-state index < -0.39 is 0 Å². The molecule has 0 saturated carbocycles. The molecule has 0 N–H and O–H groups in total. The zero-order valence-corrected chi connectivity index (χ0v) is 18.1. The van der Waals surface area contributed by atoms with E-state index in [1.165, 1.54) is 21.4 Å². The van der Waals surface area contributed by atoms with Gasteiger partial charge in [-0.15, -0.1) is 11.3 Å². The summed E-state index contributed by atoms with van der Waals surface area (Å²) < 4.78 is 5.47. The molecule has 2 aromatic heterocycles. The summed E-state index contributed by atoms with van der Waals surface area (Å²) in [4.78, 5) is 16.8. The Morgan fingerprint density at radius 2 is 1.86 bits per heavy atom. The van der Waals surface area contributed by atoms with Crippen LogP contribution in [0.4, 0.5) is 5.82 Å². The fourth-order valence-electron chi connectivity index (χ4n) is 3.52. The molecule has 28 heavy (non-hydrogen) atoms. The number of nitrogens with zero attached hydrogens (tertiary/aromatic N) is 4. The molecular weight excluding hydrogens is 392 g/mol. The first-order chi connectivity index (χ1) is 13.5. The van der Waals surface area contributed by atoms with Crippen molar-refractivity contribution >= 4 is 39.0 Å². The van der Waals surface area contributed by atoms with Gasteiger partial charge < -0.3 is 9.64 Å². The number of hydrogen-bond donors (Lipinski definition) is 0. The van der Waals surface area contributed by atoms with Crippen molar-refractivity contribution in [1.82, 2.24) is 14.9 Å². The summed E-state index contributed by atoms with van der Waals surface area (Å²) in [5.74, 6) is 1.89. The Balaban J connectivity index is 1.68. The zero-order valence-electron chi connectivity index (χ0n) is 16.5. The monoisotopic (exact) mass is 416 g/mol. The number of rotatable bonds is 5. The van der Waals surface area contributed by atoms with Crippen molar-refractivity contribution in [2.24, 2.45) is 0 Å². The topological polar surface area (TPSA) is 41.5 Å². The van der Waals surface area contributed by atoms with E-state index in [2.05, 4.69) is 42.8 Å². The third-order valence-corrected chi connectivity index (χ3v) is 6.57. The Kier molecular flexibility index (Phi) is 5.83. The van der Waals surface area contributed by atoms with Crippen LogP contribution in [0.5, 0.6) is 0 Å². The highest BCUT2D eigenvalue weighted by atomic mass is 35.5. The van der Waals surface area contributed by atoms with Gasteiger partial charge in [-0.3, -0.25) is 4.90 Å². The van der Waals surface area contributed by atoms with E-state index in [1.807, 2.05) is 12.1 Å². The van der Waals surface area contributed by atoms with Crippen molar-refractivity contribution in [1.29, 1.82) is 0 Å². The molecule has 3 heterocycles. The minimum Gasteiger partial charge on any atom is -0.379 e. The van der Waals surface area contributed by atoms with E-state index in [0.717, 1.165) is 60.9 Å². The maximum absolute atomic E-state index is 6.03. The number of fused-ring (bicyclic) bond motifs is 1. The largest absolute Gasteiger partial charge is 0.379 e. The molecule has 0 bridgehead atoms. The molecule has 0 unspecified atom stereocenters. The van der Waals surface area contributed by atoms with Gasteiger partial charge in [0.05, 0.1) is 25.1 Å². The molecule has 0 amide bonds. The maximum Gasteiger partial charge on any atom is 0.146 e. The summed E-state index contributed by atoms with van der Waals surface area (Å²) >= 11 is 7.79. The first-order valence-electron chi connectivity index (χ1n) is 9.53. The Morgan fingerprint density at radius 3 is 2.57 bits per heavy atom. The quantitative estimate of drug-likeness (QED) is 0.615. The van der Waals surface area contributed by atoms with Gasteiger partial charge in [0.25, 0.3) is 0 Å². The van der Waals surface area contributed by atoms with E-state index in [-0.39, 0.29) is 0 Å². The van der Waals surface area contributed by atoms with Crippen LogP contribution in [0, 0.1) is 13.8 Å². The minimum absolute atomic E-state index is 0.757. The number of morpholine rings is 1. The van der Waals surface area contributed by atoms with Gasteiger partial charge in [-0.2, -0.15) is 0 Å². The van der Waals surface area contributed by atoms with Gasteiger partial charge in [-0.25, -0.2) is 9.97 Å². The predicted octanol–water partition coefficient (Wildman–Crippen LogP) is 4.43. The van der Waals surface area contributed by atoms with Crippen molar-refractivity contribution < 1.29 is 4.74 Å². The maximum atomic E-state index is 6.03. The zero-order chi connectivity index (χ0) is 19.7. The molecule has 0 atom stereocenters. The van der Waals surface area contributed by atoms with Gasteiger partial charge in [-0.1, -0.05) is 23.7 Å². The molecule has 5 nitrogen and oxygen atoms in total. The summed E-state index contributed by atoms with van der Waals surface area (Å²) in [6.45, 7) is 9.28. The summed E-state index contributed by atoms with van der Waals surface area (Å²) in [5, 5.41) is 1.93. The third kappa shape index (κ3) is 4.15. The van der Waals surface area contributed by atoms with Crippen LogP contribution in [-0.2, 0) is 17.8 Å². The van der Waals surface area contributed by atoms with Gasteiger partial charge >= 0.3 is 0 Å². The van der Waals surface area contributed by atoms with Crippen LogP contribution in [0.25, 0.3) is 10.2 Å². The van der Waals surface area contributed by atoms with Crippen LogP contribution in [0.3, 0.4) is 0 Å². The van der Waals surface area contributed by atoms with Crippen molar-refractivity contribution in [2.75, 3.05) is 38.3 Å². The minimum atomic E-state index is 0.757. The molecule has 1 aliphatic rings. The second-order valence-corrected chi connectivity index (χ2v) is 8.94. The van der Waals surface area contributed by atoms with E-state index in [1.54, 1.807) is 11.3 Å². The second-order valence-electron chi connectivity index (χ2n) is 7.30. The lowest BCUT2D eigenvalue weighted by Crippen LogP contribution is -2.36. The van der Waals surface area contributed by atoms with Crippen molar-refractivity contribution in [3.8, 4) is 0 Å². The van der Waals surface area contributed by atoms with Crippen molar-refractivity contribution in [3.63, 3.8) is 0 Å². The van der Waals surface area contributed by atoms with Crippen LogP contribution in [0.2, 0.25) is 5.02 Å². The lowest BCUT2D eigenvalue weighted by atomic mass is 10.2. The molecule has 7 heteroatoms. The molecule has 0 radical (unpaired) electrons. The van der Waals surface area contributed by atoms with Crippen LogP contribution >= 0.6 is 22.9 Å². The summed E-state index contributed by atoms with van der Waals surface area (Å²) in [6, 6.07) is 8.00. The van der Waals surface area contributed by atoms with Crippen LogP contribution in [-0.4, -0.2) is 48.2 Å².